The van der Waals surface area contributed by atoms with Crippen LogP contribution in [0, 0.1) is 5.92 Å². The van der Waals surface area contributed by atoms with Gasteiger partial charge in [-0.25, -0.2) is 4.79 Å². The smallest absolute Gasteiger partial charge is 0.312 e. The average Bonchev–Trinajstić information content (AvgIpc) is 3.50. The van der Waals surface area contributed by atoms with Gasteiger partial charge in [-0.1, -0.05) is 26.0 Å². The van der Waals surface area contributed by atoms with Gasteiger partial charge in [0.1, 0.15) is 18.1 Å². The molecule has 0 spiro atoms. The molecule has 0 saturated carbocycles. The van der Waals surface area contributed by atoms with Crippen LogP contribution in [0.25, 0.3) is 0 Å². The van der Waals surface area contributed by atoms with Crippen LogP contribution in [0.5, 0.6) is 0 Å². The number of nitrogens with two attached hydrogens (primary N) is 1. The number of urea groups is 1. The molecule has 16 nitrogen and oxygen atoms in total. The molecular weight excluding hydrogens is 614 g/mol. The number of carbonyl (C=O) groups is 7. The van der Waals surface area contributed by atoms with Gasteiger partial charge in [-0.05, 0) is 36.5 Å². The van der Waals surface area contributed by atoms with Crippen molar-refractivity contribution in [3.05, 3.63) is 42.0 Å². The molecule has 16 heteroatoms. The third-order valence-electron chi connectivity index (χ3n) is 7.73. The zero-order valence-corrected chi connectivity index (χ0v) is 26.9. The topological polar surface area (TPSA) is 219 Å². The Hall–Kier alpha value is -4.83. The van der Waals surface area contributed by atoms with Crippen molar-refractivity contribution in [1.29, 1.82) is 0 Å². The summed E-state index contributed by atoms with van der Waals surface area (Å²) in [5.41, 5.74) is 6.53. The molecule has 1 aromatic carbocycles. The van der Waals surface area contributed by atoms with Crippen molar-refractivity contribution < 1.29 is 43.0 Å². The van der Waals surface area contributed by atoms with Gasteiger partial charge in [0.05, 0.1) is 25.8 Å². The second-order valence-corrected chi connectivity index (χ2v) is 11.6. The van der Waals surface area contributed by atoms with Gasteiger partial charge < -0.3 is 41.4 Å². The molecule has 0 radical (unpaired) electrons. The van der Waals surface area contributed by atoms with Gasteiger partial charge in [0, 0.05) is 45.0 Å². The van der Waals surface area contributed by atoms with Crippen molar-refractivity contribution in [2.24, 2.45) is 11.7 Å². The van der Waals surface area contributed by atoms with Crippen molar-refractivity contribution in [1.82, 2.24) is 25.8 Å². The van der Waals surface area contributed by atoms with Crippen molar-refractivity contribution in [3.63, 3.8) is 0 Å². The number of rotatable bonds is 17. The lowest BCUT2D eigenvalue weighted by Crippen LogP contribution is -2.56. The number of hydrogen-bond donors (Lipinski definition) is 5. The first kappa shape index (κ1) is 36.6. The SMILES string of the molecule is COCc1ccc(NC(=O)[C@H](CCCNC(N)=O)NC(=O)[C@@H](NC(=O)CN2C(=O)[C@@H](N3C(=O)C=CC3=O)C[C@H]2COC)C(C)C)cc1. The Labute approximate surface area is 272 Å². The van der Waals surface area contributed by atoms with Crippen molar-refractivity contribution in [2.45, 2.75) is 63.9 Å². The Balaban J connectivity index is 1.69. The minimum atomic E-state index is -1.09. The normalized spacial score (nSPS) is 18.8. The van der Waals surface area contributed by atoms with Gasteiger partial charge in [0.2, 0.25) is 23.6 Å². The number of carbonyl (C=O) groups excluding carboxylic acids is 7. The first-order valence-electron chi connectivity index (χ1n) is 15.2. The Morgan fingerprint density at radius 3 is 2.19 bits per heavy atom. The monoisotopic (exact) mass is 657 g/mol. The van der Waals surface area contributed by atoms with Crippen LogP contribution in [-0.4, -0.2) is 109 Å². The van der Waals surface area contributed by atoms with Gasteiger partial charge in [-0.2, -0.15) is 0 Å². The number of amides is 8. The fourth-order valence-corrected chi connectivity index (χ4v) is 5.39. The molecule has 1 aromatic rings. The summed E-state index contributed by atoms with van der Waals surface area (Å²) < 4.78 is 10.3. The highest BCUT2D eigenvalue weighted by Crippen LogP contribution is 2.26. The van der Waals surface area contributed by atoms with Crippen molar-refractivity contribution in [2.75, 3.05) is 39.2 Å². The largest absolute Gasteiger partial charge is 0.383 e. The second-order valence-electron chi connectivity index (χ2n) is 11.6. The highest BCUT2D eigenvalue weighted by Gasteiger charge is 2.47. The average molecular weight is 658 g/mol. The molecule has 3 rings (SSSR count). The number of nitrogens with zero attached hydrogens (tertiary/aromatic N) is 2. The van der Waals surface area contributed by atoms with E-state index in [4.69, 9.17) is 15.2 Å². The van der Waals surface area contributed by atoms with Crippen LogP contribution in [-0.2, 0) is 44.8 Å². The first-order valence-corrected chi connectivity index (χ1v) is 15.2. The Morgan fingerprint density at radius 1 is 0.957 bits per heavy atom. The molecule has 8 amide bonds. The lowest BCUT2D eigenvalue weighted by atomic mass is 10.0. The number of likely N-dealkylation sites (tertiary alicyclic amines) is 1. The van der Waals surface area contributed by atoms with E-state index in [1.54, 1.807) is 45.2 Å². The number of nitrogens with one attached hydrogen (secondary N) is 4. The third-order valence-corrected chi connectivity index (χ3v) is 7.73. The molecule has 2 heterocycles. The maximum absolute atomic E-state index is 13.5. The minimum Gasteiger partial charge on any atom is -0.383 e. The number of benzene rings is 1. The lowest BCUT2D eigenvalue weighted by Gasteiger charge is -2.28. The number of imide groups is 1. The molecule has 2 aliphatic heterocycles. The fraction of sp³-hybridized carbons (Fsp3) is 0.516. The lowest BCUT2D eigenvalue weighted by molar-refractivity contribution is -0.147. The Kier molecular flexibility index (Phi) is 13.4. The van der Waals surface area contributed by atoms with Crippen LogP contribution in [0.15, 0.2) is 36.4 Å². The number of ether oxygens (including phenoxy) is 2. The molecule has 256 valence electrons. The van der Waals surface area contributed by atoms with Gasteiger partial charge >= 0.3 is 6.03 Å². The maximum Gasteiger partial charge on any atom is 0.312 e. The second kappa shape index (κ2) is 17.2. The molecule has 4 atom stereocenters. The van der Waals surface area contributed by atoms with E-state index in [1.165, 1.54) is 12.0 Å². The van der Waals surface area contributed by atoms with E-state index in [9.17, 15) is 33.6 Å². The van der Waals surface area contributed by atoms with Crippen LogP contribution >= 0.6 is 0 Å². The predicted molar refractivity (Wildman–Crippen MR) is 168 cm³/mol. The third kappa shape index (κ3) is 10.1. The van der Waals surface area contributed by atoms with E-state index in [0.717, 1.165) is 22.6 Å². The molecule has 1 fully saturated rings. The summed E-state index contributed by atoms with van der Waals surface area (Å²) >= 11 is 0. The quantitative estimate of drug-likeness (QED) is 0.106. The first-order chi connectivity index (χ1) is 22.4. The zero-order chi connectivity index (χ0) is 34.7. The minimum absolute atomic E-state index is 0.0593. The maximum atomic E-state index is 13.5. The molecule has 0 aromatic heterocycles. The van der Waals surface area contributed by atoms with Crippen LogP contribution in [0.4, 0.5) is 10.5 Å². The summed E-state index contributed by atoms with van der Waals surface area (Å²) in [7, 11) is 3.00. The van der Waals surface area contributed by atoms with Gasteiger partial charge in [0.25, 0.3) is 11.8 Å². The van der Waals surface area contributed by atoms with Gasteiger partial charge in [-0.3, -0.25) is 33.7 Å². The van der Waals surface area contributed by atoms with Gasteiger partial charge in [0.15, 0.2) is 0 Å². The number of anilines is 1. The van der Waals surface area contributed by atoms with Crippen LogP contribution in [0.1, 0.15) is 38.7 Å². The van der Waals surface area contributed by atoms with E-state index in [1.807, 2.05) is 0 Å². The summed E-state index contributed by atoms with van der Waals surface area (Å²) in [5.74, 6) is -4.04. The van der Waals surface area contributed by atoms with E-state index in [2.05, 4.69) is 21.3 Å². The number of methoxy groups -OCH3 is 2. The number of hydrogen-bond acceptors (Lipinski definition) is 9. The van der Waals surface area contributed by atoms with E-state index in [0.29, 0.717) is 18.7 Å². The molecule has 0 bridgehead atoms. The van der Waals surface area contributed by atoms with Crippen molar-refractivity contribution >= 4 is 47.2 Å². The van der Waals surface area contributed by atoms with E-state index in [-0.39, 0.29) is 26.0 Å². The Bertz CT molecular complexity index is 1350. The summed E-state index contributed by atoms with van der Waals surface area (Å²) in [4.78, 5) is 91.0. The molecule has 1 saturated heterocycles. The molecule has 6 N–H and O–H groups in total. The van der Waals surface area contributed by atoms with Crippen LogP contribution in [0.2, 0.25) is 0 Å². The predicted octanol–water partition coefficient (Wildman–Crippen LogP) is -0.613. The number of primary amides is 1. The highest BCUT2D eigenvalue weighted by atomic mass is 16.5. The van der Waals surface area contributed by atoms with Crippen molar-refractivity contribution in [3.8, 4) is 0 Å². The zero-order valence-electron chi connectivity index (χ0n) is 26.9. The van der Waals surface area contributed by atoms with E-state index >= 15 is 0 Å². The summed E-state index contributed by atoms with van der Waals surface area (Å²) in [6.07, 6.45) is 2.71. The summed E-state index contributed by atoms with van der Waals surface area (Å²) in [6.45, 7) is 3.59. The molecule has 0 unspecified atom stereocenters. The fourth-order valence-electron chi connectivity index (χ4n) is 5.39. The molecule has 47 heavy (non-hydrogen) atoms. The highest BCUT2D eigenvalue weighted by molar-refractivity contribution is 6.15. The molecular formula is C31H43N7O9. The van der Waals surface area contributed by atoms with Crippen LogP contribution in [0.3, 0.4) is 0 Å². The molecule has 0 aliphatic carbocycles. The molecule has 2 aliphatic rings. The summed E-state index contributed by atoms with van der Waals surface area (Å²) in [6, 6.07) is 2.45. The summed E-state index contributed by atoms with van der Waals surface area (Å²) in [5, 5.41) is 10.6. The Morgan fingerprint density at radius 2 is 1.62 bits per heavy atom. The van der Waals surface area contributed by atoms with E-state index < -0.39 is 78.1 Å². The standard InChI is InChI=1S/C31H43N7O9/c1-18(2)27(36-24(39)15-37-21(17-47-4)14-23(30(37)44)38-25(40)11-12-26(38)41)29(43)35-22(6-5-13-33-31(32)45)28(42)34-20-9-7-19(8-10-20)16-46-3/h7-12,18,21-23,27H,5-6,13-17H2,1-4H3,(H,34,42)(H,35,43)(H,36,39)(H3,32,33,45)/t21-,22-,23-,27-/m0/s1. The van der Waals surface area contributed by atoms with Crippen LogP contribution < -0.4 is 27.0 Å². The van der Waals surface area contributed by atoms with Gasteiger partial charge in [-0.15, -0.1) is 0 Å².